The zero-order chi connectivity index (χ0) is 21.5. The molecule has 2 heterocycles. The lowest BCUT2D eigenvalue weighted by Gasteiger charge is -2.41. The van der Waals surface area contributed by atoms with Crippen molar-refractivity contribution >= 4 is 17.4 Å². The van der Waals surface area contributed by atoms with Crippen molar-refractivity contribution in [3.05, 3.63) is 53.7 Å². The first-order valence-electron chi connectivity index (χ1n) is 10.7. The van der Waals surface area contributed by atoms with Gasteiger partial charge < -0.3 is 14.7 Å². The number of aryl methyl sites for hydroxylation is 1. The van der Waals surface area contributed by atoms with Gasteiger partial charge in [0.25, 0.3) is 0 Å². The van der Waals surface area contributed by atoms with Crippen molar-refractivity contribution in [2.75, 3.05) is 43.0 Å². The number of piperazine rings is 1. The standard InChI is InChI=1S/C24H31N5O/c1-4-5-7-20-9-11-22(12-10-20)27(3)18-23(30)29-15-14-28(17-19(29)2)24-21(16-25)8-6-13-26-24/h6,8-13,19H,4-5,7,14-15,17-18H2,1-3H3. The van der Waals surface area contributed by atoms with Crippen molar-refractivity contribution in [2.24, 2.45) is 0 Å². The lowest BCUT2D eigenvalue weighted by molar-refractivity contribution is -0.132. The predicted octanol–water partition coefficient (Wildman–Crippen LogP) is 3.47. The Bertz CT molecular complexity index is 889. The molecule has 0 N–H and O–H groups in total. The lowest BCUT2D eigenvalue weighted by Crippen LogP contribution is -2.56. The molecule has 158 valence electrons. The smallest absolute Gasteiger partial charge is 0.242 e. The minimum atomic E-state index is 0.0598. The van der Waals surface area contributed by atoms with Gasteiger partial charge in [-0.3, -0.25) is 4.79 Å². The zero-order valence-corrected chi connectivity index (χ0v) is 18.2. The molecule has 30 heavy (non-hydrogen) atoms. The maximum absolute atomic E-state index is 13.0. The highest BCUT2D eigenvalue weighted by Crippen LogP contribution is 2.21. The third-order valence-corrected chi connectivity index (χ3v) is 5.72. The molecule has 6 nitrogen and oxygen atoms in total. The van der Waals surface area contributed by atoms with Crippen LogP contribution in [0.2, 0.25) is 0 Å². The van der Waals surface area contributed by atoms with Crippen LogP contribution in [0.5, 0.6) is 0 Å². The van der Waals surface area contributed by atoms with Gasteiger partial charge in [0.1, 0.15) is 11.9 Å². The van der Waals surface area contributed by atoms with E-state index < -0.39 is 0 Å². The van der Waals surface area contributed by atoms with Gasteiger partial charge in [0.05, 0.1) is 12.1 Å². The van der Waals surface area contributed by atoms with E-state index in [1.165, 1.54) is 18.4 Å². The second kappa shape index (κ2) is 10.1. The molecule has 1 aliphatic rings. The monoisotopic (exact) mass is 405 g/mol. The number of hydrogen-bond donors (Lipinski definition) is 0. The van der Waals surface area contributed by atoms with E-state index in [2.05, 4.69) is 54.1 Å². The molecule has 1 amide bonds. The normalized spacial score (nSPS) is 16.3. The highest BCUT2D eigenvalue weighted by molar-refractivity contribution is 5.82. The van der Waals surface area contributed by atoms with Gasteiger partial charge in [-0.05, 0) is 49.6 Å². The van der Waals surface area contributed by atoms with Crippen LogP contribution in [0.3, 0.4) is 0 Å². The number of amides is 1. The van der Waals surface area contributed by atoms with E-state index in [1.54, 1.807) is 18.3 Å². The van der Waals surface area contributed by atoms with Crippen LogP contribution in [0, 0.1) is 11.3 Å². The summed E-state index contributed by atoms with van der Waals surface area (Å²) in [7, 11) is 1.97. The molecule has 1 aliphatic heterocycles. The number of nitrogens with zero attached hydrogens (tertiary/aromatic N) is 5. The third-order valence-electron chi connectivity index (χ3n) is 5.72. The molecule has 0 saturated carbocycles. The summed E-state index contributed by atoms with van der Waals surface area (Å²) in [4.78, 5) is 23.4. The van der Waals surface area contributed by atoms with E-state index in [9.17, 15) is 10.1 Å². The number of rotatable bonds is 7. The Morgan fingerprint density at radius 3 is 2.70 bits per heavy atom. The van der Waals surface area contributed by atoms with Crippen molar-refractivity contribution in [1.82, 2.24) is 9.88 Å². The van der Waals surface area contributed by atoms with Gasteiger partial charge >= 0.3 is 0 Å². The Morgan fingerprint density at radius 2 is 2.03 bits per heavy atom. The SMILES string of the molecule is CCCCc1ccc(N(C)CC(=O)N2CCN(c3ncccc3C#N)CC2C)cc1. The molecule has 0 spiro atoms. The number of benzene rings is 1. The molecule has 0 radical (unpaired) electrons. The van der Waals surface area contributed by atoms with E-state index in [0.717, 1.165) is 12.1 Å². The summed E-state index contributed by atoms with van der Waals surface area (Å²) >= 11 is 0. The van der Waals surface area contributed by atoms with Crippen LogP contribution >= 0.6 is 0 Å². The van der Waals surface area contributed by atoms with Gasteiger partial charge in [-0.25, -0.2) is 4.98 Å². The van der Waals surface area contributed by atoms with E-state index in [4.69, 9.17) is 0 Å². The van der Waals surface area contributed by atoms with Gasteiger partial charge in [0.2, 0.25) is 5.91 Å². The first-order valence-corrected chi connectivity index (χ1v) is 10.7. The molecule has 0 bridgehead atoms. The van der Waals surface area contributed by atoms with Crippen molar-refractivity contribution in [3.8, 4) is 6.07 Å². The second-order valence-electron chi connectivity index (χ2n) is 7.99. The molecule has 1 saturated heterocycles. The fraction of sp³-hybridized carbons (Fsp3) is 0.458. The number of anilines is 2. The Labute approximate surface area is 179 Å². The maximum atomic E-state index is 13.0. The average molecular weight is 406 g/mol. The van der Waals surface area contributed by atoms with Gasteiger partial charge in [0.15, 0.2) is 0 Å². The average Bonchev–Trinajstić information content (AvgIpc) is 2.77. The first-order chi connectivity index (χ1) is 14.5. The molecule has 6 heteroatoms. The largest absolute Gasteiger partial charge is 0.365 e. The van der Waals surface area contributed by atoms with Crippen LogP contribution in [-0.4, -0.2) is 55.1 Å². The molecule has 1 unspecified atom stereocenters. The zero-order valence-electron chi connectivity index (χ0n) is 18.2. The summed E-state index contributed by atoms with van der Waals surface area (Å²) in [5.74, 6) is 0.834. The predicted molar refractivity (Wildman–Crippen MR) is 121 cm³/mol. The number of hydrogen-bond acceptors (Lipinski definition) is 5. The fourth-order valence-electron chi connectivity index (χ4n) is 3.94. The van der Waals surface area contributed by atoms with Crippen molar-refractivity contribution in [3.63, 3.8) is 0 Å². The van der Waals surface area contributed by atoms with E-state index in [0.29, 0.717) is 37.6 Å². The Balaban J connectivity index is 1.58. The Hall–Kier alpha value is -3.07. The summed E-state index contributed by atoms with van der Waals surface area (Å²) < 4.78 is 0. The summed E-state index contributed by atoms with van der Waals surface area (Å²) in [6.07, 6.45) is 5.21. The van der Waals surface area contributed by atoms with Crippen molar-refractivity contribution < 1.29 is 4.79 Å². The second-order valence-corrected chi connectivity index (χ2v) is 7.99. The number of carbonyl (C=O) groups is 1. The lowest BCUT2D eigenvalue weighted by atomic mass is 10.1. The minimum absolute atomic E-state index is 0.0598. The van der Waals surface area contributed by atoms with Gasteiger partial charge in [-0.15, -0.1) is 0 Å². The third kappa shape index (κ3) is 5.10. The summed E-state index contributed by atoms with van der Waals surface area (Å²) in [5.41, 5.74) is 2.98. The van der Waals surface area contributed by atoms with Gasteiger partial charge in [-0.1, -0.05) is 25.5 Å². The van der Waals surface area contributed by atoms with Gasteiger partial charge in [-0.2, -0.15) is 5.26 Å². The van der Waals surface area contributed by atoms with E-state index in [-0.39, 0.29) is 11.9 Å². The van der Waals surface area contributed by atoms with Crippen LogP contribution < -0.4 is 9.80 Å². The number of pyridine rings is 1. The first kappa shape index (κ1) is 21.6. The van der Waals surface area contributed by atoms with Crippen LogP contribution in [0.4, 0.5) is 11.5 Å². The van der Waals surface area contributed by atoms with E-state index >= 15 is 0 Å². The van der Waals surface area contributed by atoms with Crippen LogP contribution in [0.25, 0.3) is 0 Å². The molecule has 3 rings (SSSR count). The number of unbranched alkanes of at least 4 members (excludes halogenated alkanes) is 1. The molecule has 1 atom stereocenters. The minimum Gasteiger partial charge on any atom is -0.365 e. The van der Waals surface area contributed by atoms with Crippen LogP contribution in [0.1, 0.15) is 37.8 Å². The number of aromatic nitrogens is 1. The van der Waals surface area contributed by atoms with E-state index in [1.807, 2.05) is 16.8 Å². The van der Waals surface area contributed by atoms with Crippen molar-refractivity contribution in [1.29, 1.82) is 5.26 Å². The van der Waals surface area contributed by atoms with Crippen molar-refractivity contribution in [2.45, 2.75) is 39.2 Å². The maximum Gasteiger partial charge on any atom is 0.242 e. The molecule has 0 aliphatic carbocycles. The van der Waals surface area contributed by atoms with Crippen LogP contribution in [-0.2, 0) is 11.2 Å². The number of likely N-dealkylation sites (N-methyl/N-ethyl adjacent to an activating group) is 1. The Kier molecular flexibility index (Phi) is 7.29. The fourth-order valence-corrected chi connectivity index (χ4v) is 3.94. The molecule has 2 aromatic rings. The number of nitriles is 1. The summed E-state index contributed by atoms with van der Waals surface area (Å²) in [6.45, 7) is 6.59. The highest BCUT2D eigenvalue weighted by atomic mass is 16.2. The van der Waals surface area contributed by atoms with Gasteiger partial charge in [0, 0.05) is 44.6 Å². The highest BCUT2D eigenvalue weighted by Gasteiger charge is 2.29. The van der Waals surface area contributed by atoms with Crippen LogP contribution in [0.15, 0.2) is 42.6 Å². The molecule has 1 aromatic carbocycles. The molecular weight excluding hydrogens is 374 g/mol. The number of carbonyl (C=O) groups excluding carboxylic acids is 1. The quantitative estimate of drug-likeness (QED) is 0.706. The summed E-state index contributed by atoms with van der Waals surface area (Å²) in [6, 6.07) is 14.4. The Morgan fingerprint density at radius 1 is 1.27 bits per heavy atom. The molecular formula is C24H31N5O. The molecule has 1 fully saturated rings. The summed E-state index contributed by atoms with van der Waals surface area (Å²) in [5, 5.41) is 9.34. The topological polar surface area (TPSA) is 63.5 Å². The molecule has 1 aromatic heterocycles.